The fourth-order valence-electron chi connectivity index (χ4n) is 5.39. The Morgan fingerprint density at radius 3 is 2.42 bits per heavy atom. The molecule has 8 nitrogen and oxygen atoms in total. The molecule has 2 aliphatic heterocycles. The molecule has 1 radical (unpaired) electrons. The SMILES string of the molecule is CC(C)(C)OC(=O)N1[CH]CSC1C(=O)N[C@@H](CSCC1CCCCC1)C(=O)N1CCN(Cc2ccccc2)CC1. The van der Waals surface area contributed by atoms with Crippen LogP contribution in [0.15, 0.2) is 30.3 Å². The highest BCUT2D eigenvalue weighted by Crippen LogP contribution is 2.30. The van der Waals surface area contributed by atoms with Gasteiger partial charge in [0.05, 0.1) is 6.54 Å². The first-order valence-electron chi connectivity index (χ1n) is 14.6. The number of rotatable bonds is 9. The van der Waals surface area contributed by atoms with Crippen molar-refractivity contribution in [1.82, 2.24) is 20.0 Å². The maximum absolute atomic E-state index is 13.8. The Kier molecular flexibility index (Phi) is 11.5. The second-order valence-corrected chi connectivity index (χ2v) is 14.1. The molecular formula is C30H45N4O4S2. The van der Waals surface area contributed by atoms with Crippen LogP contribution in [0.1, 0.15) is 58.4 Å². The third-order valence-electron chi connectivity index (χ3n) is 7.52. The number of amides is 3. The molecule has 3 aliphatic rings. The zero-order valence-corrected chi connectivity index (χ0v) is 25.8. The lowest BCUT2D eigenvalue weighted by Gasteiger charge is -2.37. The molecule has 40 heavy (non-hydrogen) atoms. The van der Waals surface area contributed by atoms with Crippen molar-refractivity contribution >= 4 is 41.4 Å². The third-order valence-corrected chi connectivity index (χ3v) is 9.89. The minimum atomic E-state index is -0.740. The van der Waals surface area contributed by atoms with E-state index in [0.717, 1.165) is 25.4 Å². The van der Waals surface area contributed by atoms with Crippen molar-refractivity contribution in [3.05, 3.63) is 42.4 Å². The summed E-state index contributed by atoms with van der Waals surface area (Å²) in [7, 11) is 0. The van der Waals surface area contributed by atoms with E-state index in [2.05, 4.69) is 34.5 Å². The number of benzene rings is 1. The summed E-state index contributed by atoms with van der Waals surface area (Å²) in [6.45, 7) is 10.9. The molecule has 1 aromatic rings. The lowest BCUT2D eigenvalue weighted by atomic mass is 9.91. The van der Waals surface area contributed by atoms with Crippen LogP contribution >= 0.6 is 23.5 Å². The quantitative estimate of drug-likeness (QED) is 0.451. The van der Waals surface area contributed by atoms with E-state index >= 15 is 0 Å². The molecule has 4 rings (SSSR count). The first kappa shape index (κ1) is 31.0. The molecule has 2 heterocycles. The number of thioether (sulfide) groups is 2. The summed E-state index contributed by atoms with van der Waals surface area (Å²) in [6, 6.07) is 9.77. The second-order valence-electron chi connectivity index (χ2n) is 11.9. The van der Waals surface area contributed by atoms with E-state index in [1.54, 1.807) is 39.1 Å². The Morgan fingerprint density at radius 1 is 1.05 bits per heavy atom. The number of piperazine rings is 1. The van der Waals surface area contributed by atoms with Gasteiger partial charge in [-0.15, -0.1) is 11.8 Å². The van der Waals surface area contributed by atoms with Crippen molar-refractivity contribution in [2.75, 3.05) is 43.4 Å². The van der Waals surface area contributed by atoms with E-state index in [-0.39, 0.29) is 11.8 Å². The van der Waals surface area contributed by atoms with Gasteiger partial charge in [-0.1, -0.05) is 49.6 Å². The minimum absolute atomic E-state index is 0.0281. The summed E-state index contributed by atoms with van der Waals surface area (Å²) >= 11 is 3.14. The molecule has 1 unspecified atom stereocenters. The van der Waals surface area contributed by atoms with E-state index < -0.39 is 23.1 Å². The molecule has 1 N–H and O–H groups in total. The molecule has 3 fully saturated rings. The second kappa shape index (κ2) is 14.8. The predicted octanol–water partition coefficient (Wildman–Crippen LogP) is 4.60. The zero-order valence-electron chi connectivity index (χ0n) is 24.2. The van der Waals surface area contributed by atoms with Crippen LogP contribution < -0.4 is 5.32 Å². The lowest BCUT2D eigenvalue weighted by molar-refractivity contribution is -0.137. The highest BCUT2D eigenvalue weighted by molar-refractivity contribution is 8.01. The van der Waals surface area contributed by atoms with Crippen LogP contribution in [0.25, 0.3) is 0 Å². The topological polar surface area (TPSA) is 82.2 Å². The number of hydrogen-bond donors (Lipinski definition) is 1. The molecule has 0 bridgehead atoms. The molecule has 2 saturated heterocycles. The molecule has 2 atom stereocenters. The molecular weight excluding hydrogens is 544 g/mol. The predicted molar refractivity (Wildman–Crippen MR) is 163 cm³/mol. The van der Waals surface area contributed by atoms with Crippen molar-refractivity contribution in [3.63, 3.8) is 0 Å². The molecule has 1 aliphatic carbocycles. The Hall–Kier alpha value is -1.91. The Bertz CT molecular complexity index is 976. The standard InChI is InChI=1S/C30H45N4O4S2/c1-30(2,3)38-29(37)34-18-19-40-28(34)26(35)31-25(22-39-21-24-12-8-5-9-13-24)27(36)33-16-14-32(15-17-33)20-23-10-6-4-7-11-23/h4,6-7,10-11,18,24-25,28H,5,8-9,12-17,19-22H2,1-3H3,(H,31,35)/t25-,28?/m0/s1. The molecule has 221 valence electrons. The molecule has 10 heteroatoms. The minimum Gasteiger partial charge on any atom is -0.444 e. The highest BCUT2D eigenvalue weighted by atomic mass is 32.2. The number of carbonyl (C=O) groups excluding carboxylic acids is 3. The van der Waals surface area contributed by atoms with E-state index in [1.807, 2.05) is 11.0 Å². The Balaban J connectivity index is 1.36. The van der Waals surface area contributed by atoms with E-state index in [0.29, 0.717) is 30.5 Å². The Labute approximate surface area is 248 Å². The van der Waals surface area contributed by atoms with Crippen LogP contribution in [0, 0.1) is 12.5 Å². The van der Waals surface area contributed by atoms with Crippen LogP contribution in [0.5, 0.6) is 0 Å². The maximum atomic E-state index is 13.8. The zero-order chi connectivity index (χ0) is 28.5. The van der Waals surface area contributed by atoms with Gasteiger partial charge in [-0.25, -0.2) is 4.79 Å². The highest BCUT2D eigenvalue weighted by Gasteiger charge is 2.39. The van der Waals surface area contributed by atoms with E-state index in [9.17, 15) is 14.4 Å². The van der Waals surface area contributed by atoms with Gasteiger partial charge in [0.1, 0.15) is 11.6 Å². The summed E-state index contributed by atoms with van der Waals surface area (Å²) in [5.74, 6) is 2.44. The number of nitrogens with one attached hydrogen (secondary N) is 1. The van der Waals surface area contributed by atoms with E-state index in [4.69, 9.17) is 4.74 Å². The molecule has 1 saturated carbocycles. The van der Waals surface area contributed by atoms with Crippen molar-refractivity contribution in [2.24, 2.45) is 5.92 Å². The first-order valence-corrected chi connectivity index (χ1v) is 16.8. The fraction of sp³-hybridized carbons (Fsp3) is 0.667. The van der Waals surface area contributed by atoms with Crippen molar-refractivity contribution < 1.29 is 19.1 Å². The van der Waals surface area contributed by atoms with Crippen molar-refractivity contribution in [1.29, 1.82) is 0 Å². The Morgan fingerprint density at radius 2 is 1.75 bits per heavy atom. The van der Waals surface area contributed by atoms with Crippen LogP contribution in [-0.2, 0) is 20.9 Å². The molecule has 0 aromatic heterocycles. The van der Waals surface area contributed by atoms with Gasteiger partial charge in [0, 0.05) is 44.2 Å². The average Bonchev–Trinajstić information content (AvgIpc) is 3.44. The van der Waals surface area contributed by atoms with Gasteiger partial charge < -0.3 is 15.0 Å². The fourth-order valence-corrected chi connectivity index (χ4v) is 7.64. The maximum Gasteiger partial charge on any atom is 0.411 e. The summed E-state index contributed by atoms with van der Waals surface area (Å²) in [6.07, 6.45) is 5.85. The van der Waals surface area contributed by atoms with Crippen LogP contribution in [0.3, 0.4) is 0 Å². The normalized spacial score (nSPS) is 21.7. The van der Waals surface area contributed by atoms with Gasteiger partial charge in [-0.3, -0.25) is 19.4 Å². The molecule has 3 amide bonds. The van der Waals surface area contributed by atoms with Crippen LogP contribution in [-0.4, -0.2) is 93.1 Å². The summed E-state index contributed by atoms with van der Waals surface area (Å²) < 4.78 is 5.51. The average molecular weight is 590 g/mol. The largest absolute Gasteiger partial charge is 0.444 e. The van der Waals surface area contributed by atoms with Gasteiger partial charge in [-0.2, -0.15) is 11.8 Å². The molecule has 0 spiro atoms. The van der Waals surface area contributed by atoms with Gasteiger partial charge in [0.15, 0.2) is 5.37 Å². The van der Waals surface area contributed by atoms with Crippen LogP contribution in [0.2, 0.25) is 0 Å². The summed E-state index contributed by atoms with van der Waals surface area (Å²) in [5, 5.41) is 2.30. The van der Waals surface area contributed by atoms with Crippen molar-refractivity contribution in [2.45, 2.75) is 76.4 Å². The number of carbonyl (C=O) groups is 3. The first-order chi connectivity index (χ1) is 19.2. The monoisotopic (exact) mass is 589 g/mol. The van der Waals surface area contributed by atoms with Gasteiger partial charge >= 0.3 is 6.09 Å². The lowest BCUT2D eigenvalue weighted by Crippen LogP contribution is -2.57. The number of ether oxygens (including phenoxy) is 1. The van der Waals surface area contributed by atoms with Crippen LogP contribution in [0.4, 0.5) is 4.79 Å². The van der Waals surface area contributed by atoms with Gasteiger partial charge in [0.25, 0.3) is 5.91 Å². The van der Waals surface area contributed by atoms with Gasteiger partial charge in [0.2, 0.25) is 5.91 Å². The van der Waals surface area contributed by atoms with Gasteiger partial charge in [-0.05, 0) is 50.8 Å². The summed E-state index contributed by atoms with van der Waals surface area (Å²) in [4.78, 5) is 45.6. The summed E-state index contributed by atoms with van der Waals surface area (Å²) in [5.41, 5.74) is 0.614. The van der Waals surface area contributed by atoms with E-state index in [1.165, 1.54) is 54.3 Å². The number of hydrogen-bond acceptors (Lipinski definition) is 7. The molecule has 1 aromatic carbocycles. The third kappa shape index (κ3) is 9.31. The van der Waals surface area contributed by atoms with Crippen molar-refractivity contribution in [3.8, 4) is 0 Å². The number of nitrogens with zero attached hydrogens (tertiary/aromatic N) is 3. The smallest absolute Gasteiger partial charge is 0.411 e.